The smallest absolute Gasteiger partial charge is 0.330 e. The number of para-hydroxylation sites is 1. The van der Waals surface area contributed by atoms with Gasteiger partial charge < -0.3 is 10.2 Å². The van der Waals surface area contributed by atoms with Crippen LogP contribution in [0.1, 0.15) is 34.2 Å². The maximum Gasteiger partial charge on any atom is 0.418 e. The predicted molar refractivity (Wildman–Crippen MR) is 120 cm³/mol. The monoisotopic (exact) mass is 478 g/mol. The Hall–Kier alpha value is -3.33. The van der Waals surface area contributed by atoms with Crippen molar-refractivity contribution in [1.29, 1.82) is 0 Å². The zero-order valence-corrected chi connectivity index (χ0v) is 19.0. The van der Waals surface area contributed by atoms with Gasteiger partial charge in [-0.05, 0) is 57.2 Å². The first kappa shape index (κ1) is 24.3. The number of aromatic nitrogens is 2. The van der Waals surface area contributed by atoms with Crippen LogP contribution in [0.25, 0.3) is 5.69 Å². The van der Waals surface area contributed by atoms with Crippen molar-refractivity contribution in [2.45, 2.75) is 26.9 Å². The molecule has 6 nitrogen and oxygen atoms in total. The number of aryl methyl sites for hydroxylation is 1. The van der Waals surface area contributed by atoms with Gasteiger partial charge in [-0.3, -0.25) is 9.59 Å². The van der Waals surface area contributed by atoms with Crippen LogP contribution < -0.4 is 5.32 Å². The van der Waals surface area contributed by atoms with Gasteiger partial charge in [0.1, 0.15) is 6.54 Å². The number of anilines is 1. The van der Waals surface area contributed by atoms with Gasteiger partial charge in [-0.2, -0.15) is 18.3 Å². The number of hydrogen-bond donors (Lipinski definition) is 1. The lowest BCUT2D eigenvalue weighted by molar-refractivity contribution is -0.137. The first-order valence-corrected chi connectivity index (χ1v) is 10.5. The number of rotatable bonds is 6. The Morgan fingerprint density at radius 2 is 1.73 bits per heavy atom. The third-order valence-electron chi connectivity index (χ3n) is 5.07. The van der Waals surface area contributed by atoms with Gasteiger partial charge in [-0.1, -0.05) is 23.7 Å². The Morgan fingerprint density at radius 1 is 1.09 bits per heavy atom. The van der Waals surface area contributed by atoms with E-state index in [0.717, 1.165) is 11.8 Å². The molecule has 0 saturated heterocycles. The molecule has 0 aliphatic heterocycles. The number of alkyl halides is 3. The average molecular weight is 479 g/mol. The van der Waals surface area contributed by atoms with Crippen molar-refractivity contribution in [3.63, 3.8) is 0 Å². The van der Waals surface area contributed by atoms with E-state index in [1.807, 2.05) is 6.92 Å². The van der Waals surface area contributed by atoms with E-state index in [2.05, 4.69) is 10.4 Å². The second-order valence-corrected chi connectivity index (χ2v) is 7.73. The molecule has 2 aromatic carbocycles. The van der Waals surface area contributed by atoms with E-state index >= 15 is 0 Å². The van der Waals surface area contributed by atoms with E-state index in [4.69, 9.17) is 11.6 Å². The second-order valence-electron chi connectivity index (χ2n) is 7.35. The highest BCUT2D eigenvalue weighted by atomic mass is 35.5. The summed E-state index contributed by atoms with van der Waals surface area (Å²) in [4.78, 5) is 26.5. The summed E-state index contributed by atoms with van der Waals surface area (Å²) in [5, 5.41) is 7.18. The molecule has 2 amide bonds. The number of likely N-dealkylation sites (N-methyl/N-ethyl adjacent to an activating group) is 1. The number of nitrogens with zero attached hydrogens (tertiary/aromatic N) is 3. The molecule has 0 saturated carbocycles. The minimum atomic E-state index is -4.61. The molecule has 1 aromatic heterocycles. The first-order chi connectivity index (χ1) is 15.5. The van der Waals surface area contributed by atoms with Crippen molar-refractivity contribution in [3.05, 3.63) is 76.1 Å². The fourth-order valence-corrected chi connectivity index (χ4v) is 3.45. The quantitative estimate of drug-likeness (QED) is 0.525. The van der Waals surface area contributed by atoms with Crippen LogP contribution in [-0.4, -0.2) is 39.6 Å². The molecule has 3 rings (SSSR count). The van der Waals surface area contributed by atoms with Gasteiger partial charge in [0, 0.05) is 12.1 Å². The van der Waals surface area contributed by atoms with Crippen molar-refractivity contribution >= 4 is 29.1 Å². The van der Waals surface area contributed by atoms with E-state index < -0.39 is 30.1 Å². The van der Waals surface area contributed by atoms with Gasteiger partial charge in [0.05, 0.1) is 33.3 Å². The van der Waals surface area contributed by atoms with Gasteiger partial charge in [-0.25, -0.2) is 4.68 Å². The molecule has 0 bridgehead atoms. The van der Waals surface area contributed by atoms with Crippen molar-refractivity contribution in [2.75, 3.05) is 18.4 Å². The van der Waals surface area contributed by atoms with Crippen LogP contribution in [-0.2, 0) is 11.0 Å². The topological polar surface area (TPSA) is 67.2 Å². The maximum atomic E-state index is 13.2. The van der Waals surface area contributed by atoms with Crippen LogP contribution in [0.3, 0.4) is 0 Å². The minimum Gasteiger partial charge on any atom is -0.330 e. The lowest BCUT2D eigenvalue weighted by atomic mass is 10.1. The molecule has 0 aliphatic carbocycles. The summed E-state index contributed by atoms with van der Waals surface area (Å²) in [7, 11) is 0. The summed E-state index contributed by atoms with van der Waals surface area (Å²) in [5.41, 5.74) is 1.18. The Balaban J connectivity index is 1.73. The first-order valence-electron chi connectivity index (χ1n) is 10.1. The van der Waals surface area contributed by atoms with Gasteiger partial charge in [0.15, 0.2) is 0 Å². The van der Waals surface area contributed by atoms with E-state index in [1.54, 1.807) is 42.8 Å². The van der Waals surface area contributed by atoms with E-state index in [1.165, 1.54) is 23.1 Å². The SMILES string of the molecule is CCN(CC(=O)Nc1ccccc1C(F)(F)F)C(=O)c1ccc(-n2nc(C)c(Cl)c2C)cc1. The molecule has 10 heteroatoms. The van der Waals surface area contributed by atoms with E-state index in [0.29, 0.717) is 22.0 Å². The molecule has 174 valence electrons. The summed E-state index contributed by atoms with van der Waals surface area (Å²) in [6.07, 6.45) is -4.61. The normalized spacial score (nSPS) is 11.4. The fourth-order valence-electron chi connectivity index (χ4n) is 3.33. The van der Waals surface area contributed by atoms with Crippen molar-refractivity contribution in [1.82, 2.24) is 14.7 Å². The van der Waals surface area contributed by atoms with Crippen LogP contribution in [0.4, 0.5) is 18.9 Å². The standard InChI is InChI=1S/C23H22ClF3N4O2/c1-4-30(13-20(32)28-19-8-6-5-7-18(19)23(25,26)27)22(33)16-9-11-17(12-10-16)31-15(3)21(24)14(2)29-31/h5-12H,4,13H2,1-3H3,(H,28,32). The summed E-state index contributed by atoms with van der Waals surface area (Å²) >= 11 is 6.19. The molecule has 0 unspecified atom stereocenters. The number of carbonyl (C=O) groups excluding carboxylic acids is 2. The number of nitrogens with one attached hydrogen (secondary N) is 1. The maximum absolute atomic E-state index is 13.2. The summed E-state index contributed by atoms with van der Waals surface area (Å²) < 4.78 is 41.1. The van der Waals surface area contributed by atoms with Gasteiger partial charge in [0.25, 0.3) is 5.91 Å². The van der Waals surface area contributed by atoms with Crippen molar-refractivity contribution in [2.24, 2.45) is 0 Å². The average Bonchev–Trinajstić information content (AvgIpc) is 3.04. The molecular formula is C23H22ClF3N4O2. The molecule has 0 aliphatic rings. The molecule has 3 aromatic rings. The highest BCUT2D eigenvalue weighted by Crippen LogP contribution is 2.34. The van der Waals surface area contributed by atoms with Crippen LogP contribution in [0.5, 0.6) is 0 Å². The third kappa shape index (κ3) is 5.36. The second kappa shape index (κ2) is 9.66. The zero-order valence-electron chi connectivity index (χ0n) is 18.2. The Morgan fingerprint density at radius 3 is 2.27 bits per heavy atom. The molecule has 0 spiro atoms. The zero-order chi connectivity index (χ0) is 24.3. The van der Waals surface area contributed by atoms with Gasteiger partial charge in [-0.15, -0.1) is 0 Å². The highest BCUT2D eigenvalue weighted by Gasteiger charge is 2.33. The molecule has 33 heavy (non-hydrogen) atoms. The molecular weight excluding hydrogens is 457 g/mol. The largest absolute Gasteiger partial charge is 0.418 e. The number of hydrogen-bond acceptors (Lipinski definition) is 3. The van der Waals surface area contributed by atoms with E-state index in [-0.39, 0.29) is 12.2 Å². The summed E-state index contributed by atoms with van der Waals surface area (Å²) in [5.74, 6) is -1.15. The molecule has 0 atom stereocenters. The fraction of sp³-hybridized carbons (Fsp3) is 0.261. The van der Waals surface area contributed by atoms with Crippen LogP contribution >= 0.6 is 11.6 Å². The lowest BCUT2D eigenvalue weighted by Crippen LogP contribution is -2.38. The summed E-state index contributed by atoms with van der Waals surface area (Å²) in [6.45, 7) is 5.11. The van der Waals surface area contributed by atoms with E-state index in [9.17, 15) is 22.8 Å². The van der Waals surface area contributed by atoms with Gasteiger partial charge in [0.2, 0.25) is 5.91 Å². The minimum absolute atomic E-state index is 0.196. The Labute approximate surface area is 194 Å². The number of benzene rings is 2. The van der Waals surface area contributed by atoms with Crippen molar-refractivity contribution < 1.29 is 22.8 Å². The highest BCUT2D eigenvalue weighted by molar-refractivity contribution is 6.31. The van der Waals surface area contributed by atoms with Gasteiger partial charge >= 0.3 is 6.18 Å². The molecule has 0 radical (unpaired) electrons. The van der Waals surface area contributed by atoms with Crippen LogP contribution in [0.2, 0.25) is 5.02 Å². The molecule has 1 N–H and O–H groups in total. The Bertz CT molecular complexity index is 1170. The number of carbonyl (C=O) groups is 2. The third-order valence-corrected chi connectivity index (χ3v) is 5.62. The molecule has 0 fully saturated rings. The number of amides is 2. The predicted octanol–water partition coefficient (Wildman–Crippen LogP) is 5.26. The van der Waals surface area contributed by atoms with Crippen LogP contribution in [0.15, 0.2) is 48.5 Å². The lowest BCUT2D eigenvalue weighted by Gasteiger charge is -2.21. The van der Waals surface area contributed by atoms with Crippen LogP contribution in [0, 0.1) is 13.8 Å². The molecule has 1 heterocycles. The summed E-state index contributed by atoms with van der Waals surface area (Å²) in [6, 6.07) is 11.3. The number of halogens is 4. The Kier molecular flexibility index (Phi) is 7.12. The van der Waals surface area contributed by atoms with Crippen molar-refractivity contribution in [3.8, 4) is 5.69 Å².